The number of hydrogen-bond donors (Lipinski definition) is 0. The van der Waals surface area contributed by atoms with Crippen LogP contribution in [0.5, 0.6) is 11.5 Å². The Hall–Kier alpha value is -4.03. The van der Waals surface area contributed by atoms with Gasteiger partial charge in [0, 0.05) is 11.6 Å². The van der Waals surface area contributed by atoms with E-state index in [9.17, 15) is 4.79 Å². The number of benzene rings is 4. The molecule has 41 heavy (non-hydrogen) atoms. The van der Waals surface area contributed by atoms with Crippen molar-refractivity contribution in [1.82, 2.24) is 4.90 Å². The summed E-state index contributed by atoms with van der Waals surface area (Å²) in [5.74, 6) is 1.26. The number of amidine groups is 1. The zero-order valence-electron chi connectivity index (χ0n) is 23.5. The van der Waals surface area contributed by atoms with Gasteiger partial charge in [-0.1, -0.05) is 91.6 Å². The predicted molar refractivity (Wildman–Crippen MR) is 169 cm³/mol. The third-order valence-electron chi connectivity index (χ3n) is 7.80. The van der Waals surface area contributed by atoms with E-state index < -0.39 is 0 Å². The van der Waals surface area contributed by atoms with Gasteiger partial charge >= 0.3 is 0 Å². The molecule has 1 aliphatic heterocycles. The Morgan fingerprint density at radius 1 is 0.927 bits per heavy atom. The number of carbonyl (C=O) groups is 1. The molecule has 2 fully saturated rings. The number of methoxy groups -OCH3 is 1. The molecule has 0 atom stereocenters. The zero-order chi connectivity index (χ0) is 28.2. The highest BCUT2D eigenvalue weighted by Crippen LogP contribution is 2.41. The van der Waals surface area contributed by atoms with Crippen LogP contribution < -0.4 is 9.47 Å². The van der Waals surface area contributed by atoms with Crippen molar-refractivity contribution in [2.45, 2.75) is 51.7 Å². The van der Waals surface area contributed by atoms with E-state index in [0.717, 1.165) is 53.1 Å². The molecule has 1 aliphatic carbocycles. The number of ether oxygens (including phenoxy) is 2. The molecular weight excluding hydrogens is 528 g/mol. The SMILES string of the molecule is COc1cccc(/C=C2/SC(=Nc3ccc(C)cc3)N(C3CCCCC3)C2=O)c1OCc1cccc2ccccc12. The number of para-hydroxylation sites is 1. The number of aliphatic imine (C=N–C) groups is 1. The van der Waals surface area contributed by atoms with Crippen molar-refractivity contribution in [2.75, 3.05) is 7.11 Å². The maximum Gasteiger partial charge on any atom is 0.267 e. The standard InChI is InChI=1S/C35H34N2O3S/c1-24-18-20-28(21-19-24)36-35-37(29-14-4-3-5-15-29)34(38)32(41-35)22-26-12-9-17-31(39-2)33(26)40-23-27-13-8-11-25-10-6-7-16-30(25)27/h6-13,16-22,29H,3-5,14-15,23H2,1-2H3/b32-22+,36-35?. The van der Waals surface area contributed by atoms with Crippen LogP contribution in [0.3, 0.4) is 0 Å². The highest BCUT2D eigenvalue weighted by Gasteiger charge is 2.39. The largest absolute Gasteiger partial charge is 0.493 e. The first kappa shape index (κ1) is 27.2. The second-order valence-corrected chi connectivity index (χ2v) is 11.6. The first-order valence-corrected chi connectivity index (χ1v) is 15.1. The van der Waals surface area contributed by atoms with Crippen LogP contribution in [0.15, 0.2) is 94.8 Å². The van der Waals surface area contributed by atoms with Gasteiger partial charge in [-0.25, -0.2) is 4.99 Å². The summed E-state index contributed by atoms with van der Waals surface area (Å²) in [5.41, 5.74) is 3.94. The zero-order valence-corrected chi connectivity index (χ0v) is 24.3. The predicted octanol–water partition coefficient (Wildman–Crippen LogP) is 8.67. The number of thioether (sulfide) groups is 1. The summed E-state index contributed by atoms with van der Waals surface area (Å²) in [6.07, 6.45) is 7.44. The van der Waals surface area contributed by atoms with E-state index >= 15 is 0 Å². The molecule has 0 unspecified atom stereocenters. The fourth-order valence-corrected chi connectivity index (χ4v) is 6.68. The van der Waals surface area contributed by atoms with Crippen molar-refractivity contribution in [1.29, 1.82) is 0 Å². The smallest absolute Gasteiger partial charge is 0.267 e. The number of fused-ring (bicyclic) bond motifs is 1. The first-order chi connectivity index (χ1) is 20.1. The molecule has 1 saturated heterocycles. The fraction of sp³-hybridized carbons (Fsp3) is 0.257. The molecule has 0 spiro atoms. The summed E-state index contributed by atoms with van der Waals surface area (Å²) >= 11 is 1.44. The van der Waals surface area contributed by atoms with Crippen molar-refractivity contribution in [2.24, 2.45) is 4.99 Å². The van der Waals surface area contributed by atoms with Gasteiger partial charge in [-0.05, 0) is 72.1 Å². The number of nitrogens with zero attached hydrogens (tertiary/aromatic N) is 2. The summed E-state index contributed by atoms with van der Waals surface area (Å²) in [6, 6.07) is 28.6. The van der Waals surface area contributed by atoms with Gasteiger partial charge < -0.3 is 9.47 Å². The molecular formula is C35H34N2O3S. The Bertz CT molecular complexity index is 1620. The van der Waals surface area contributed by atoms with Gasteiger partial charge in [0.25, 0.3) is 5.91 Å². The van der Waals surface area contributed by atoms with E-state index in [1.54, 1.807) is 7.11 Å². The highest BCUT2D eigenvalue weighted by molar-refractivity contribution is 8.18. The van der Waals surface area contributed by atoms with E-state index in [4.69, 9.17) is 14.5 Å². The maximum atomic E-state index is 13.9. The third kappa shape index (κ3) is 5.89. The number of amides is 1. The van der Waals surface area contributed by atoms with Crippen LogP contribution >= 0.6 is 11.8 Å². The van der Waals surface area contributed by atoms with E-state index in [2.05, 4.69) is 49.4 Å². The number of aryl methyl sites for hydroxylation is 1. The van der Waals surface area contributed by atoms with E-state index in [1.807, 2.05) is 53.4 Å². The summed E-state index contributed by atoms with van der Waals surface area (Å²) < 4.78 is 12.1. The Labute approximate surface area is 245 Å². The molecule has 6 heteroatoms. The Kier molecular flexibility index (Phi) is 8.10. The van der Waals surface area contributed by atoms with Crippen LogP contribution in [0.25, 0.3) is 16.8 Å². The van der Waals surface area contributed by atoms with Crippen molar-refractivity contribution in [3.8, 4) is 11.5 Å². The van der Waals surface area contributed by atoms with Crippen LogP contribution in [0.2, 0.25) is 0 Å². The lowest BCUT2D eigenvalue weighted by Gasteiger charge is -2.30. The summed E-state index contributed by atoms with van der Waals surface area (Å²) in [7, 11) is 1.64. The summed E-state index contributed by atoms with van der Waals surface area (Å²) in [5, 5.41) is 3.08. The van der Waals surface area contributed by atoms with E-state index in [1.165, 1.54) is 29.1 Å². The van der Waals surface area contributed by atoms with Crippen molar-refractivity contribution < 1.29 is 14.3 Å². The molecule has 1 saturated carbocycles. The minimum absolute atomic E-state index is 0.00980. The van der Waals surface area contributed by atoms with Gasteiger partial charge in [-0.15, -0.1) is 0 Å². The molecule has 0 bridgehead atoms. The monoisotopic (exact) mass is 562 g/mol. The lowest BCUT2D eigenvalue weighted by molar-refractivity contribution is -0.124. The molecule has 1 heterocycles. The quantitative estimate of drug-likeness (QED) is 0.212. The highest BCUT2D eigenvalue weighted by atomic mass is 32.2. The first-order valence-electron chi connectivity index (χ1n) is 14.3. The lowest BCUT2D eigenvalue weighted by atomic mass is 9.94. The molecule has 6 rings (SSSR count). The lowest BCUT2D eigenvalue weighted by Crippen LogP contribution is -2.40. The number of hydrogen-bond acceptors (Lipinski definition) is 5. The second-order valence-electron chi connectivity index (χ2n) is 10.6. The Morgan fingerprint density at radius 2 is 1.68 bits per heavy atom. The molecule has 2 aliphatic rings. The van der Waals surface area contributed by atoms with Crippen LogP contribution in [-0.4, -0.2) is 29.1 Å². The average Bonchev–Trinajstić information content (AvgIpc) is 3.31. The van der Waals surface area contributed by atoms with Crippen molar-refractivity contribution in [3.05, 3.63) is 107 Å². The molecule has 5 nitrogen and oxygen atoms in total. The topological polar surface area (TPSA) is 51.1 Å². The Balaban J connectivity index is 1.34. The van der Waals surface area contributed by atoms with E-state index in [0.29, 0.717) is 23.0 Å². The normalized spacial score (nSPS) is 18.0. The Morgan fingerprint density at radius 3 is 2.49 bits per heavy atom. The molecule has 0 radical (unpaired) electrons. The van der Waals surface area contributed by atoms with Crippen molar-refractivity contribution in [3.63, 3.8) is 0 Å². The van der Waals surface area contributed by atoms with Gasteiger partial charge in [0.1, 0.15) is 6.61 Å². The van der Waals surface area contributed by atoms with Crippen LogP contribution in [0, 0.1) is 6.92 Å². The van der Waals surface area contributed by atoms with Gasteiger partial charge in [0.05, 0.1) is 17.7 Å². The van der Waals surface area contributed by atoms with Crippen LogP contribution in [0.4, 0.5) is 5.69 Å². The molecule has 0 N–H and O–H groups in total. The molecule has 208 valence electrons. The maximum absolute atomic E-state index is 13.9. The minimum atomic E-state index is 0.00980. The molecule has 1 amide bonds. The van der Waals surface area contributed by atoms with Crippen LogP contribution in [-0.2, 0) is 11.4 Å². The van der Waals surface area contributed by atoms with Gasteiger partial charge in [-0.2, -0.15) is 0 Å². The van der Waals surface area contributed by atoms with Gasteiger partial charge in [-0.3, -0.25) is 9.69 Å². The molecule has 4 aromatic carbocycles. The fourth-order valence-electron chi connectivity index (χ4n) is 5.63. The summed E-state index contributed by atoms with van der Waals surface area (Å²) in [6.45, 7) is 2.45. The van der Waals surface area contributed by atoms with Crippen LogP contribution in [0.1, 0.15) is 48.8 Å². The molecule has 4 aromatic rings. The number of rotatable bonds is 7. The minimum Gasteiger partial charge on any atom is -0.493 e. The van der Waals surface area contributed by atoms with Crippen molar-refractivity contribution >= 4 is 45.4 Å². The van der Waals surface area contributed by atoms with Gasteiger partial charge in [0.2, 0.25) is 0 Å². The second kappa shape index (κ2) is 12.2. The number of carbonyl (C=O) groups excluding carboxylic acids is 1. The summed E-state index contributed by atoms with van der Waals surface area (Å²) in [4.78, 5) is 21.5. The molecule has 0 aromatic heterocycles. The average molecular weight is 563 g/mol. The van der Waals surface area contributed by atoms with Gasteiger partial charge in [0.15, 0.2) is 16.7 Å². The van der Waals surface area contributed by atoms with E-state index in [-0.39, 0.29) is 11.9 Å². The third-order valence-corrected chi connectivity index (χ3v) is 8.79.